The van der Waals surface area contributed by atoms with Crippen LogP contribution in [0.2, 0.25) is 81.6 Å². The fourth-order valence-corrected chi connectivity index (χ4v) is 150. The lowest BCUT2D eigenvalue weighted by Gasteiger charge is -2.74. The Kier molecular flexibility index (Phi) is 12.6. The highest BCUT2D eigenvalue weighted by atomic mass is 29.7. The van der Waals surface area contributed by atoms with Crippen molar-refractivity contribution >= 4 is 45.1 Å². The van der Waals surface area contributed by atoms with E-state index in [1.165, 1.54) is 141 Å². The molecule has 0 heterocycles. The predicted molar refractivity (Wildman–Crippen MR) is 290 cm³/mol. The van der Waals surface area contributed by atoms with E-state index < -0.39 is 45.1 Å². The molecule has 0 aromatic carbocycles. The molecule has 352 valence electrons. The smallest absolute Gasteiger partial charge is 0.159 e. The monoisotopic (exact) mass is 955 g/mol. The van der Waals surface area contributed by atoms with Crippen molar-refractivity contribution in [1.82, 2.24) is 0 Å². The Morgan fingerprint density at radius 2 is 0.635 bits per heavy atom. The van der Waals surface area contributed by atoms with E-state index in [9.17, 15) is 4.12 Å². The summed E-state index contributed by atoms with van der Waals surface area (Å²) in [7, 11) is -13.9. The first-order valence-electron chi connectivity index (χ1n) is 28.8. The quantitative estimate of drug-likeness (QED) is 0.0873. The van der Waals surface area contributed by atoms with E-state index in [2.05, 4.69) is 102 Å². The van der Waals surface area contributed by atoms with E-state index in [0.717, 1.165) is 34.8 Å². The number of hydrogen-bond acceptors (Lipinski definition) is 1. The second-order valence-electron chi connectivity index (χ2n) is 26.6. The summed E-state index contributed by atoms with van der Waals surface area (Å²) in [5.74, 6) is 3.45. The van der Waals surface area contributed by atoms with Gasteiger partial charge in [0.15, 0.2) is 14.7 Å². The second-order valence-corrected chi connectivity index (χ2v) is 73.8. The van der Waals surface area contributed by atoms with Crippen LogP contribution in [0.1, 0.15) is 195 Å². The number of allylic oxidation sites excluding steroid dienone is 8. The van der Waals surface area contributed by atoms with Crippen molar-refractivity contribution in [3.05, 3.63) is 48.6 Å². The molecule has 10 rings (SSSR count). The molecule has 6 fully saturated rings. The molecule has 12 unspecified atom stereocenters. The summed E-state index contributed by atoms with van der Waals surface area (Å²) >= 11 is 0. The van der Waals surface area contributed by atoms with Gasteiger partial charge in [-0.3, -0.25) is 0 Å². The van der Waals surface area contributed by atoms with E-state index in [4.69, 9.17) is 0 Å². The largest absolute Gasteiger partial charge is 0.463 e. The Balaban J connectivity index is 1.38. The van der Waals surface area contributed by atoms with E-state index in [1.807, 2.05) is 0 Å². The van der Waals surface area contributed by atoms with Crippen LogP contribution in [0, 0.1) is 23.7 Å². The summed E-state index contributed by atoms with van der Waals surface area (Å²) in [6.07, 6.45) is 63.0. The molecule has 63 heavy (non-hydrogen) atoms. The van der Waals surface area contributed by atoms with Crippen LogP contribution in [0.3, 0.4) is 0 Å². The van der Waals surface area contributed by atoms with Gasteiger partial charge in [0.1, 0.15) is 0 Å². The molecule has 12 atom stereocenters. The summed E-state index contributed by atoms with van der Waals surface area (Å²) in [6, 6.07) is 6.37. The van der Waals surface area contributed by atoms with Crippen molar-refractivity contribution in [2.45, 2.75) is 276 Å². The van der Waals surface area contributed by atoms with Gasteiger partial charge in [0.05, 0.1) is 30.4 Å². The summed E-state index contributed by atoms with van der Waals surface area (Å²) in [4.78, 5) is 0. The molecular formula is C56H98OSi6. The Morgan fingerprint density at radius 1 is 0.381 bits per heavy atom. The molecule has 0 amide bonds. The number of fused-ring (bicyclic) bond motifs is 8. The van der Waals surface area contributed by atoms with Gasteiger partial charge in [0.2, 0.25) is 0 Å². The summed E-state index contributed by atoms with van der Waals surface area (Å²) in [5, 5.41) is 1.95. The van der Waals surface area contributed by atoms with Gasteiger partial charge in [0, 0.05) is 0 Å². The van der Waals surface area contributed by atoms with Crippen molar-refractivity contribution in [2.75, 3.05) is 0 Å². The average Bonchev–Trinajstić information content (AvgIpc) is 4.18. The zero-order chi connectivity index (χ0) is 44.0. The van der Waals surface area contributed by atoms with Crippen LogP contribution >= 0.6 is 0 Å². The van der Waals surface area contributed by atoms with Crippen LogP contribution < -0.4 is 0 Å². The van der Waals surface area contributed by atoms with Gasteiger partial charge in [-0.05, 0) is 132 Å². The van der Waals surface area contributed by atoms with Gasteiger partial charge < -0.3 is 4.12 Å². The molecule has 10 aliphatic carbocycles. The SMILES string of the molecule is CCC[Si](C)(C12C=CC(CC1)C2)[Si](O[Si](C1CCCCC1)([Si](C)(CCC)C12C=CC(CC1)C2)[Si](C)(CCC)C12C=CC(CC1)C2)(C1CCCCC1)[Si](C)(CCC)C12C=CC(CC1)C2. The van der Waals surface area contributed by atoms with Crippen molar-refractivity contribution < 1.29 is 4.12 Å². The van der Waals surface area contributed by atoms with E-state index in [1.54, 1.807) is 49.9 Å². The molecule has 0 spiro atoms. The molecule has 0 aromatic rings. The van der Waals surface area contributed by atoms with Gasteiger partial charge in [-0.1, -0.05) is 217 Å². The van der Waals surface area contributed by atoms with Crippen LogP contribution in [-0.2, 0) is 4.12 Å². The van der Waals surface area contributed by atoms with Crippen LogP contribution in [-0.4, -0.2) is 45.1 Å². The third-order valence-electron chi connectivity index (χ3n) is 24.5. The zero-order valence-electron chi connectivity index (χ0n) is 42.7. The lowest BCUT2D eigenvalue weighted by Crippen LogP contribution is -2.93. The van der Waals surface area contributed by atoms with Crippen molar-refractivity contribution in [2.24, 2.45) is 23.7 Å². The molecule has 0 N–H and O–H groups in total. The molecule has 10 aliphatic rings. The van der Waals surface area contributed by atoms with Crippen molar-refractivity contribution in [3.63, 3.8) is 0 Å². The minimum absolute atomic E-state index is 0.489. The topological polar surface area (TPSA) is 9.23 Å². The maximum atomic E-state index is 11.0. The average molecular weight is 956 g/mol. The molecule has 1 nitrogen and oxygen atoms in total. The van der Waals surface area contributed by atoms with E-state index >= 15 is 0 Å². The maximum Gasteiger partial charge on any atom is 0.159 e. The zero-order valence-corrected chi connectivity index (χ0v) is 48.7. The highest BCUT2D eigenvalue weighted by Gasteiger charge is 2.84. The van der Waals surface area contributed by atoms with Crippen LogP contribution in [0.4, 0.5) is 0 Å². The van der Waals surface area contributed by atoms with Crippen molar-refractivity contribution in [1.29, 1.82) is 0 Å². The van der Waals surface area contributed by atoms with Gasteiger partial charge in [-0.2, -0.15) is 0 Å². The first-order valence-corrected chi connectivity index (χ1v) is 47.6. The van der Waals surface area contributed by atoms with Crippen LogP contribution in [0.25, 0.3) is 0 Å². The minimum atomic E-state index is -2.61. The van der Waals surface area contributed by atoms with Gasteiger partial charge >= 0.3 is 0 Å². The Labute approximate surface area is 395 Å². The molecular weight excluding hydrogens is 857 g/mol. The lowest BCUT2D eigenvalue weighted by atomic mass is 10.0. The number of rotatable bonds is 20. The van der Waals surface area contributed by atoms with Gasteiger partial charge in [-0.25, -0.2) is 0 Å². The third-order valence-corrected chi connectivity index (χ3v) is 111. The van der Waals surface area contributed by atoms with Gasteiger partial charge in [-0.15, -0.1) is 0 Å². The molecule has 0 aromatic heterocycles. The standard InChI is InChI=1S/C56H98OSi6/c1-9-39-58(5,53-31-23-47(43-53)24-32-53)62(51-19-15-13-16-20-51,59(6,40-10-2)54-33-25-48(44-54)26-34-54)57-63(52-21-17-14-18-22-52,60(7,41-11-3)55-35-27-49(45-55)28-36-55)61(8,42-12-4)56-37-29-50(46-56)30-38-56/h23,25,27,29,31,33,35,37,47-52H,9-22,24,26,28,30,32,34,36,38-46H2,1-8H3. The minimum Gasteiger partial charge on any atom is -0.463 e. The first-order chi connectivity index (χ1) is 30.3. The fourth-order valence-electron chi connectivity index (χ4n) is 21.9. The second kappa shape index (κ2) is 17.0. The highest BCUT2D eigenvalue weighted by molar-refractivity contribution is 7.75. The predicted octanol–water partition coefficient (Wildman–Crippen LogP) is 18.3. The van der Waals surface area contributed by atoms with Crippen molar-refractivity contribution in [3.8, 4) is 0 Å². The van der Waals surface area contributed by atoms with Crippen LogP contribution in [0.15, 0.2) is 48.6 Å². The summed E-state index contributed by atoms with van der Waals surface area (Å²) in [5.41, 5.74) is 1.86. The lowest BCUT2D eigenvalue weighted by molar-refractivity contribution is 0.421. The fraction of sp³-hybridized carbons (Fsp3) is 0.857. The van der Waals surface area contributed by atoms with Gasteiger partial charge in [0.25, 0.3) is 0 Å². The van der Waals surface area contributed by atoms with E-state index in [0.29, 0.717) is 20.2 Å². The normalized spacial score (nSPS) is 42.4. The number of hydrogen-bond donors (Lipinski definition) is 0. The molecule has 0 saturated heterocycles. The first kappa shape index (κ1) is 46.9. The van der Waals surface area contributed by atoms with Crippen LogP contribution in [0.5, 0.6) is 0 Å². The third kappa shape index (κ3) is 6.24. The Hall–Kier alpha value is 0.221. The summed E-state index contributed by atoms with van der Waals surface area (Å²) < 4.78 is 11.0. The molecule has 6 saturated carbocycles. The molecule has 8 bridgehead atoms. The Morgan fingerprint density at radius 3 is 0.810 bits per heavy atom. The maximum absolute atomic E-state index is 11.0. The molecule has 7 heteroatoms. The summed E-state index contributed by atoms with van der Waals surface area (Å²) in [6.45, 7) is 23.9. The molecule has 0 radical (unpaired) electrons. The molecule has 0 aliphatic heterocycles. The highest BCUT2D eigenvalue weighted by Crippen LogP contribution is 2.77. The Bertz CT molecular complexity index is 1580. The van der Waals surface area contributed by atoms with E-state index in [-0.39, 0.29) is 0 Å².